The van der Waals surface area contributed by atoms with Gasteiger partial charge in [0, 0.05) is 10.9 Å². The molecule has 0 saturated carbocycles. The molecule has 0 saturated heterocycles. The van der Waals surface area contributed by atoms with Gasteiger partial charge in [-0.1, -0.05) is 23.2 Å². The van der Waals surface area contributed by atoms with E-state index in [-0.39, 0.29) is 12.6 Å². The summed E-state index contributed by atoms with van der Waals surface area (Å²) >= 11 is 13.3. The molecule has 0 amide bonds. The van der Waals surface area contributed by atoms with Crippen LogP contribution in [0.3, 0.4) is 0 Å². The SMILES string of the molecule is NC(CO)CCSc1ccc(Cl)c(Cl)c1. The number of aliphatic hydroxyl groups is 1. The van der Waals surface area contributed by atoms with Crippen LogP contribution in [0.25, 0.3) is 0 Å². The molecule has 1 aromatic rings. The Morgan fingerprint density at radius 2 is 2.07 bits per heavy atom. The van der Waals surface area contributed by atoms with Crippen molar-refractivity contribution in [2.75, 3.05) is 12.4 Å². The molecule has 0 spiro atoms. The minimum atomic E-state index is -0.139. The zero-order valence-electron chi connectivity index (χ0n) is 8.12. The van der Waals surface area contributed by atoms with Crippen LogP contribution in [-0.4, -0.2) is 23.5 Å². The molecule has 0 fully saturated rings. The summed E-state index contributed by atoms with van der Waals surface area (Å²) in [5.74, 6) is 0.861. The second kappa shape index (κ2) is 6.61. The van der Waals surface area contributed by atoms with Gasteiger partial charge in [-0.3, -0.25) is 0 Å². The van der Waals surface area contributed by atoms with E-state index in [0.29, 0.717) is 10.0 Å². The van der Waals surface area contributed by atoms with Crippen LogP contribution in [0.15, 0.2) is 23.1 Å². The van der Waals surface area contributed by atoms with E-state index in [1.165, 1.54) is 0 Å². The monoisotopic (exact) mass is 265 g/mol. The number of halogens is 2. The Morgan fingerprint density at radius 1 is 1.33 bits per heavy atom. The molecule has 0 aliphatic carbocycles. The van der Waals surface area contributed by atoms with Gasteiger partial charge in [-0.15, -0.1) is 11.8 Å². The van der Waals surface area contributed by atoms with Crippen LogP contribution in [0, 0.1) is 0 Å². The van der Waals surface area contributed by atoms with Crippen molar-refractivity contribution in [1.82, 2.24) is 0 Å². The average Bonchev–Trinajstić information content (AvgIpc) is 2.23. The highest BCUT2D eigenvalue weighted by molar-refractivity contribution is 7.99. The third-order valence-electron chi connectivity index (χ3n) is 1.88. The van der Waals surface area contributed by atoms with Crippen LogP contribution in [0.5, 0.6) is 0 Å². The van der Waals surface area contributed by atoms with Crippen molar-refractivity contribution in [1.29, 1.82) is 0 Å². The van der Waals surface area contributed by atoms with E-state index in [9.17, 15) is 0 Å². The molecule has 0 aliphatic heterocycles. The zero-order valence-corrected chi connectivity index (χ0v) is 10.4. The number of benzene rings is 1. The number of aliphatic hydroxyl groups excluding tert-OH is 1. The van der Waals surface area contributed by atoms with E-state index in [2.05, 4.69) is 0 Å². The summed E-state index contributed by atoms with van der Waals surface area (Å²) < 4.78 is 0. The van der Waals surface area contributed by atoms with Gasteiger partial charge in [0.15, 0.2) is 0 Å². The lowest BCUT2D eigenvalue weighted by Gasteiger charge is -2.07. The van der Waals surface area contributed by atoms with Crippen LogP contribution in [-0.2, 0) is 0 Å². The van der Waals surface area contributed by atoms with Crippen LogP contribution >= 0.6 is 35.0 Å². The normalized spacial score (nSPS) is 12.8. The van der Waals surface area contributed by atoms with Gasteiger partial charge in [-0.2, -0.15) is 0 Å². The van der Waals surface area contributed by atoms with E-state index >= 15 is 0 Å². The summed E-state index contributed by atoms with van der Waals surface area (Å²) in [4.78, 5) is 1.06. The van der Waals surface area contributed by atoms with Crippen LogP contribution in [0.4, 0.5) is 0 Å². The third kappa shape index (κ3) is 4.62. The predicted molar refractivity (Wildman–Crippen MR) is 66.9 cm³/mol. The molecule has 0 aromatic heterocycles. The number of rotatable bonds is 5. The van der Waals surface area contributed by atoms with Gasteiger partial charge >= 0.3 is 0 Å². The fourth-order valence-electron chi connectivity index (χ4n) is 0.986. The quantitative estimate of drug-likeness (QED) is 0.805. The standard InChI is InChI=1S/C10H13Cl2NOS/c11-9-2-1-8(5-10(9)12)15-4-3-7(13)6-14/h1-2,5,7,14H,3-4,6,13H2. The minimum Gasteiger partial charge on any atom is -0.395 e. The lowest BCUT2D eigenvalue weighted by Crippen LogP contribution is -2.24. The van der Waals surface area contributed by atoms with Gasteiger partial charge < -0.3 is 10.8 Å². The molecule has 0 radical (unpaired) electrons. The highest BCUT2D eigenvalue weighted by Gasteiger charge is 2.02. The number of thioether (sulfide) groups is 1. The van der Waals surface area contributed by atoms with E-state index in [0.717, 1.165) is 17.1 Å². The minimum absolute atomic E-state index is 0.0297. The summed E-state index contributed by atoms with van der Waals surface area (Å²) in [6.45, 7) is 0.0297. The van der Waals surface area contributed by atoms with Crippen LogP contribution in [0.2, 0.25) is 10.0 Å². The van der Waals surface area contributed by atoms with Crippen molar-refractivity contribution in [3.63, 3.8) is 0 Å². The number of nitrogens with two attached hydrogens (primary N) is 1. The molecule has 5 heteroatoms. The van der Waals surface area contributed by atoms with Crippen molar-refractivity contribution >= 4 is 35.0 Å². The molecule has 84 valence electrons. The Bertz CT molecular complexity index is 322. The average molecular weight is 266 g/mol. The summed E-state index contributed by atoms with van der Waals surface area (Å²) in [5, 5.41) is 9.87. The Kier molecular flexibility index (Phi) is 5.79. The Morgan fingerprint density at radius 3 is 2.67 bits per heavy atom. The van der Waals surface area contributed by atoms with Crippen LogP contribution in [0.1, 0.15) is 6.42 Å². The lowest BCUT2D eigenvalue weighted by atomic mass is 10.3. The fraction of sp³-hybridized carbons (Fsp3) is 0.400. The van der Waals surface area contributed by atoms with Crippen molar-refractivity contribution in [2.24, 2.45) is 5.73 Å². The van der Waals surface area contributed by atoms with E-state index in [4.69, 9.17) is 34.0 Å². The van der Waals surface area contributed by atoms with Crippen molar-refractivity contribution < 1.29 is 5.11 Å². The molecule has 1 unspecified atom stereocenters. The van der Waals surface area contributed by atoms with Crippen molar-refractivity contribution in [2.45, 2.75) is 17.4 Å². The largest absolute Gasteiger partial charge is 0.395 e. The third-order valence-corrected chi connectivity index (χ3v) is 3.65. The first-order chi connectivity index (χ1) is 7.13. The molecule has 15 heavy (non-hydrogen) atoms. The highest BCUT2D eigenvalue weighted by Crippen LogP contribution is 2.28. The molecule has 2 nitrogen and oxygen atoms in total. The highest BCUT2D eigenvalue weighted by atomic mass is 35.5. The second-order valence-corrected chi connectivity index (χ2v) is 5.14. The van der Waals surface area contributed by atoms with E-state index in [1.807, 2.05) is 12.1 Å². The second-order valence-electron chi connectivity index (χ2n) is 3.16. The first-order valence-electron chi connectivity index (χ1n) is 4.57. The maximum Gasteiger partial charge on any atom is 0.0603 e. The molecular weight excluding hydrogens is 253 g/mol. The Labute approximate surface area is 104 Å². The predicted octanol–water partition coefficient (Wildman–Crippen LogP) is 2.80. The maximum atomic E-state index is 8.74. The summed E-state index contributed by atoms with van der Waals surface area (Å²) in [5.41, 5.74) is 5.58. The Hall–Kier alpha value is 0.0700. The summed E-state index contributed by atoms with van der Waals surface area (Å²) in [7, 11) is 0. The number of hydrogen-bond donors (Lipinski definition) is 2. The van der Waals surface area contributed by atoms with Crippen molar-refractivity contribution in [3.8, 4) is 0 Å². The molecule has 1 atom stereocenters. The van der Waals surface area contributed by atoms with Gasteiger partial charge in [-0.25, -0.2) is 0 Å². The first kappa shape index (κ1) is 13.1. The molecule has 3 N–H and O–H groups in total. The first-order valence-corrected chi connectivity index (χ1v) is 6.32. The molecule has 0 bridgehead atoms. The topological polar surface area (TPSA) is 46.2 Å². The van der Waals surface area contributed by atoms with Gasteiger partial charge in [0.25, 0.3) is 0 Å². The maximum absolute atomic E-state index is 8.74. The smallest absolute Gasteiger partial charge is 0.0603 e. The van der Waals surface area contributed by atoms with Gasteiger partial charge in [0.05, 0.1) is 16.7 Å². The zero-order chi connectivity index (χ0) is 11.3. The van der Waals surface area contributed by atoms with Gasteiger partial charge in [0.2, 0.25) is 0 Å². The summed E-state index contributed by atoms with van der Waals surface area (Å²) in [6.07, 6.45) is 0.779. The summed E-state index contributed by atoms with van der Waals surface area (Å²) in [6, 6.07) is 5.39. The molecule has 1 aromatic carbocycles. The van der Waals surface area contributed by atoms with Gasteiger partial charge in [-0.05, 0) is 30.4 Å². The van der Waals surface area contributed by atoms with E-state index in [1.54, 1.807) is 17.8 Å². The van der Waals surface area contributed by atoms with Crippen molar-refractivity contribution in [3.05, 3.63) is 28.2 Å². The number of hydrogen-bond acceptors (Lipinski definition) is 3. The molecule has 0 heterocycles. The van der Waals surface area contributed by atoms with Gasteiger partial charge in [0.1, 0.15) is 0 Å². The fourth-order valence-corrected chi connectivity index (χ4v) is 2.37. The van der Waals surface area contributed by atoms with E-state index < -0.39 is 0 Å². The lowest BCUT2D eigenvalue weighted by molar-refractivity contribution is 0.264. The molecule has 1 rings (SSSR count). The molecular formula is C10H13Cl2NOS. The molecule has 0 aliphatic rings. The van der Waals surface area contributed by atoms with Crippen LogP contribution < -0.4 is 5.73 Å². The Balaban J connectivity index is 2.41.